The van der Waals surface area contributed by atoms with Crippen LogP contribution in [0.1, 0.15) is 90.4 Å². The van der Waals surface area contributed by atoms with Crippen molar-refractivity contribution in [3.63, 3.8) is 0 Å². The first-order chi connectivity index (χ1) is 17.0. The molecule has 0 aromatic heterocycles. The molecule has 36 heavy (non-hydrogen) atoms. The molecule has 12 nitrogen and oxygen atoms in total. The molecule has 0 aliphatic heterocycles. The van der Waals surface area contributed by atoms with Crippen molar-refractivity contribution in [1.29, 1.82) is 15.8 Å². The zero-order valence-electron chi connectivity index (χ0n) is 20.8. The van der Waals surface area contributed by atoms with Gasteiger partial charge in [0.2, 0.25) is 30.1 Å². The molecule has 0 rings (SSSR count). The minimum absolute atomic E-state index is 0.00866. The molecule has 0 amide bonds. The van der Waals surface area contributed by atoms with E-state index in [9.17, 15) is 25.3 Å². The normalized spacial score (nSPS) is 12.5. The first-order valence-electron chi connectivity index (χ1n) is 12.1. The predicted molar refractivity (Wildman–Crippen MR) is 136 cm³/mol. The molecule has 0 spiro atoms. The van der Waals surface area contributed by atoms with Crippen molar-refractivity contribution >= 4 is 30.1 Å². The molecule has 0 atom stereocenters. The molecule has 0 bridgehead atoms. The highest BCUT2D eigenvalue weighted by Gasteiger charge is 2.64. The second kappa shape index (κ2) is 17.6. The quantitative estimate of drug-likeness (QED) is 0.163. The summed E-state index contributed by atoms with van der Waals surface area (Å²) in [5.74, 6) is 0. The summed E-state index contributed by atoms with van der Waals surface area (Å²) in [5.41, 5.74) is 0. The van der Waals surface area contributed by atoms with Crippen molar-refractivity contribution in [2.45, 2.75) is 93.8 Å². The summed E-state index contributed by atoms with van der Waals surface area (Å²) in [4.78, 5) is 0. The maximum atomic E-state index is 13.5. The molecule has 0 unspecified atom stereocenters. The number of rotatable bonds is 22. The summed E-state index contributed by atoms with van der Waals surface area (Å²) in [5, 5.41) is 26.1. The minimum atomic E-state index is -5.05. The third-order valence-electron chi connectivity index (χ3n) is 5.34. The van der Waals surface area contributed by atoms with Gasteiger partial charge in [0, 0.05) is 45.3 Å². The molecule has 15 heteroatoms. The number of nitrogens with one attached hydrogen (secondary N) is 3. The van der Waals surface area contributed by atoms with E-state index in [-0.39, 0.29) is 64.6 Å². The molecular formula is C21H38N6O6S3. The Hall–Kier alpha value is -1.80. The van der Waals surface area contributed by atoms with Crippen LogP contribution >= 0.6 is 0 Å². The molecule has 0 aliphatic rings. The average molecular weight is 567 g/mol. The standard InChI is InChI=1S/C21H38N6O6S3/c1-2-3-4-5-6-7-14-21(34(28,29)25-18-11-8-15-22,35(30,31)26-19-12-9-16-23)36(32,33)27-20-13-10-17-24/h25-27H,2-14,18-20H2,1H3. The van der Waals surface area contributed by atoms with Crippen LogP contribution in [0.3, 0.4) is 0 Å². The fourth-order valence-electron chi connectivity index (χ4n) is 3.41. The number of hydrogen-bond acceptors (Lipinski definition) is 9. The predicted octanol–water partition coefficient (Wildman–Crippen LogP) is 2.06. The lowest BCUT2D eigenvalue weighted by Crippen LogP contribution is -2.63. The summed E-state index contributed by atoms with van der Waals surface area (Å²) in [6.45, 7) is 1.07. The van der Waals surface area contributed by atoms with E-state index < -0.39 is 39.9 Å². The summed E-state index contributed by atoms with van der Waals surface area (Å²) in [6, 6.07) is 5.53. The molecular weight excluding hydrogens is 528 g/mol. The van der Waals surface area contributed by atoms with Gasteiger partial charge in [-0.2, -0.15) is 15.8 Å². The van der Waals surface area contributed by atoms with Gasteiger partial charge in [0.1, 0.15) is 0 Å². The van der Waals surface area contributed by atoms with Crippen LogP contribution in [0, 0.1) is 34.0 Å². The van der Waals surface area contributed by atoms with Gasteiger partial charge in [0.25, 0.3) is 0 Å². The van der Waals surface area contributed by atoms with E-state index in [1.54, 1.807) is 0 Å². The van der Waals surface area contributed by atoms with Crippen molar-refractivity contribution in [3.05, 3.63) is 0 Å². The van der Waals surface area contributed by atoms with Gasteiger partial charge in [-0.15, -0.1) is 0 Å². The molecule has 0 aromatic carbocycles. The van der Waals surface area contributed by atoms with E-state index in [2.05, 4.69) is 14.2 Å². The van der Waals surface area contributed by atoms with Crippen LogP contribution in [0.2, 0.25) is 0 Å². The van der Waals surface area contributed by atoms with Gasteiger partial charge in [-0.3, -0.25) is 0 Å². The van der Waals surface area contributed by atoms with E-state index in [1.165, 1.54) is 0 Å². The lowest BCUT2D eigenvalue weighted by Gasteiger charge is -2.32. The van der Waals surface area contributed by atoms with E-state index in [4.69, 9.17) is 15.8 Å². The Kier molecular flexibility index (Phi) is 16.7. The van der Waals surface area contributed by atoms with Gasteiger partial charge in [0.05, 0.1) is 18.2 Å². The average Bonchev–Trinajstić information content (AvgIpc) is 2.81. The molecule has 0 aliphatic carbocycles. The zero-order chi connectivity index (χ0) is 27.6. The fraction of sp³-hybridized carbons (Fsp3) is 0.857. The Labute approximate surface area is 216 Å². The van der Waals surface area contributed by atoms with Gasteiger partial charge in [-0.05, 0) is 25.7 Å². The Morgan fingerprint density at radius 2 is 0.889 bits per heavy atom. The topological polar surface area (TPSA) is 210 Å². The van der Waals surface area contributed by atoms with Crippen molar-refractivity contribution < 1.29 is 25.3 Å². The first-order valence-corrected chi connectivity index (χ1v) is 16.5. The van der Waals surface area contributed by atoms with Gasteiger partial charge in [-0.1, -0.05) is 39.0 Å². The molecule has 0 heterocycles. The molecule has 206 valence electrons. The van der Waals surface area contributed by atoms with Crippen LogP contribution in [-0.4, -0.2) is 48.3 Å². The zero-order valence-corrected chi connectivity index (χ0v) is 23.3. The largest absolute Gasteiger partial charge is 0.313 e. The second-order valence-corrected chi connectivity index (χ2v) is 14.9. The molecule has 3 N–H and O–H groups in total. The number of nitrogens with zero attached hydrogens (tertiary/aromatic N) is 3. The van der Waals surface area contributed by atoms with Crippen LogP contribution in [0.5, 0.6) is 0 Å². The summed E-state index contributed by atoms with van der Waals surface area (Å²) >= 11 is 0. The van der Waals surface area contributed by atoms with Crippen LogP contribution in [0.15, 0.2) is 0 Å². The van der Waals surface area contributed by atoms with Gasteiger partial charge in [0.15, 0.2) is 0 Å². The maximum absolute atomic E-state index is 13.5. The molecule has 0 fully saturated rings. The highest BCUT2D eigenvalue weighted by Crippen LogP contribution is 2.35. The van der Waals surface area contributed by atoms with Crippen LogP contribution in [0.4, 0.5) is 0 Å². The molecule has 0 aromatic rings. The van der Waals surface area contributed by atoms with Crippen LogP contribution < -0.4 is 14.2 Å². The SMILES string of the molecule is CCCCCCCCC(S(=O)(=O)NCCCC#N)(S(=O)(=O)NCCCC#N)S(=O)(=O)NCCCC#N. The number of nitriles is 3. The smallest absolute Gasteiger partial charge is 0.213 e. The highest BCUT2D eigenvalue weighted by molar-refractivity contribution is 8.24. The lowest BCUT2D eigenvalue weighted by atomic mass is 10.1. The summed E-state index contributed by atoms with van der Waals surface area (Å²) < 4.78 is 84.1. The van der Waals surface area contributed by atoms with E-state index >= 15 is 0 Å². The molecule has 0 saturated carbocycles. The van der Waals surface area contributed by atoms with Crippen molar-refractivity contribution in [3.8, 4) is 18.2 Å². The van der Waals surface area contributed by atoms with E-state index in [1.807, 2.05) is 25.1 Å². The van der Waals surface area contributed by atoms with Crippen LogP contribution in [0.25, 0.3) is 0 Å². The van der Waals surface area contributed by atoms with Crippen molar-refractivity contribution in [2.75, 3.05) is 19.6 Å². The summed E-state index contributed by atoms with van der Waals surface area (Å²) in [7, 11) is -15.2. The van der Waals surface area contributed by atoms with Gasteiger partial charge >= 0.3 is 3.41 Å². The number of hydrogen-bond donors (Lipinski definition) is 3. The maximum Gasteiger partial charge on any atom is 0.313 e. The lowest BCUT2D eigenvalue weighted by molar-refractivity contribution is 0.507. The third kappa shape index (κ3) is 10.3. The number of sulfonamides is 3. The van der Waals surface area contributed by atoms with Gasteiger partial charge < -0.3 is 0 Å². The summed E-state index contributed by atoms with van der Waals surface area (Å²) in [6.07, 6.45) is 3.34. The van der Waals surface area contributed by atoms with Crippen molar-refractivity contribution in [2.24, 2.45) is 0 Å². The Morgan fingerprint density at radius 1 is 0.556 bits per heavy atom. The third-order valence-corrected chi connectivity index (χ3v) is 14.1. The molecule has 0 radical (unpaired) electrons. The molecule has 0 saturated heterocycles. The van der Waals surface area contributed by atoms with Crippen LogP contribution in [-0.2, 0) is 30.1 Å². The number of unbranched alkanes of at least 4 members (excludes halogenated alkanes) is 8. The fourth-order valence-corrected chi connectivity index (χ4v) is 11.1. The van der Waals surface area contributed by atoms with Crippen molar-refractivity contribution in [1.82, 2.24) is 14.2 Å². The highest BCUT2D eigenvalue weighted by atomic mass is 32.3. The van der Waals surface area contributed by atoms with Gasteiger partial charge in [-0.25, -0.2) is 39.4 Å². The Bertz CT molecular complexity index is 960. The van der Waals surface area contributed by atoms with E-state index in [0.717, 1.165) is 19.3 Å². The Balaban J connectivity index is 6.44. The minimum Gasteiger partial charge on any atom is -0.213 e. The monoisotopic (exact) mass is 566 g/mol. The second-order valence-electron chi connectivity index (χ2n) is 8.18. The van der Waals surface area contributed by atoms with E-state index in [0.29, 0.717) is 12.8 Å². The Morgan fingerprint density at radius 3 is 1.22 bits per heavy atom. The first kappa shape index (κ1) is 34.2.